The van der Waals surface area contributed by atoms with E-state index in [1.54, 1.807) is 4.57 Å². The Bertz CT molecular complexity index is 1020. The number of carbonyl (C=O) groups is 1. The first kappa shape index (κ1) is 18.5. The fourth-order valence-corrected chi connectivity index (χ4v) is 4.29. The van der Waals surface area contributed by atoms with Crippen LogP contribution in [0.25, 0.3) is 10.9 Å². The SMILES string of the molecule is CCn1c([C@H]2CCCN(C(=O)CCCc3c[nH]c4ccccc34)C2)n[nH]c1=O. The number of piperidine rings is 1. The Labute approximate surface area is 163 Å². The second-order valence-corrected chi connectivity index (χ2v) is 7.52. The highest BCUT2D eigenvalue weighted by Crippen LogP contribution is 2.26. The van der Waals surface area contributed by atoms with Gasteiger partial charge in [-0.15, -0.1) is 0 Å². The maximum absolute atomic E-state index is 12.7. The summed E-state index contributed by atoms with van der Waals surface area (Å²) in [6, 6.07) is 8.26. The van der Waals surface area contributed by atoms with Crippen molar-refractivity contribution in [3.05, 3.63) is 52.3 Å². The largest absolute Gasteiger partial charge is 0.361 e. The molecule has 1 atom stereocenters. The molecular formula is C21H27N5O2. The van der Waals surface area contributed by atoms with Crippen LogP contribution < -0.4 is 5.69 Å². The zero-order chi connectivity index (χ0) is 19.5. The molecule has 7 heteroatoms. The molecule has 0 aliphatic carbocycles. The van der Waals surface area contributed by atoms with Gasteiger partial charge in [-0.25, -0.2) is 9.89 Å². The third-order valence-corrected chi connectivity index (χ3v) is 5.75. The fourth-order valence-electron chi connectivity index (χ4n) is 4.29. The number of H-pyrrole nitrogens is 2. The highest BCUT2D eigenvalue weighted by Gasteiger charge is 2.28. The van der Waals surface area contributed by atoms with Crippen LogP contribution in [-0.2, 0) is 17.8 Å². The van der Waals surface area contributed by atoms with Crippen molar-refractivity contribution in [2.24, 2.45) is 0 Å². The van der Waals surface area contributed by atoms with Crippen molar-refractivity contribution < 1.29 is 4.79 Å². The van der Waals surface area contributed by atoms with E-state index in [2.05, 4.69) is 27.3 Å². The van der Waals surface area contributed by atoms with Crippen molar-refractivity contribution in [3.63, 3.8) is 0 Å². The minimum absolute atomic E-state index is 0.130. The number of aromatic amines is 2. The smallest absolute Gasteiger partial charge is 0.343 e. The number of likely N-dealkylation sites (tertiary alicyclic amines) is 1. The second kappa shape index (κ2) is 8.04. The molecule has 1 amide bonds. The first-order valence-electron chi connectivity index (χ1n) is 10.1. The Hall–Kier alpha value is -2.83. The van der Waals surface area contributed by atoms with E-state index >= 15 is 0 Å². The van der Waals surface area contributed by atoms with Gasteiger partial charge in [0.1, 0.15) is 5.82 Å². The van der Waals surface area contributed by atoms with Crippen molar-refractivity contribution in [2.75, 3.05) is 13.1 Å². The minimum atomic E-state index is -0.167. The van der Waals surface area contributed by atoms with Crippen LogP contribution in [0, 0.1) is 0 Å². The monoisotopic (exact) mass is 381 g/mol. The van der Waals surface area contributed by atoms with Gasteiger partial charge in [0.15, 0.2) is 0 Å². The Morgan fingerprint density at radius 2 is 2.18 bits per heavy atom. The molecule has 7 nitrogen and oxygen atoms in total. The summed E-state index contributed by atoms with van der Waals surface area (Å²) in [5.41, 5.74) is 2.24. The van der Waals surface area contributed by atoms with E-state index in [1.807, 2.05) is 30.2 Å². The van der Waals surface area contributed by atoms with Crippen molar-refractivity contribution in [1.82, 2.24) is 24.6 Å². The van der Waals surface area contributed by atoms with Crippen LogP contribution in [0.5, 0.6) is 0 Å². The molecule has 1 aliphatic rings. The summed E-state index contributed by atoms with van der Waals surface area (Å²) in [6.45, 7) is 3.98. The van der Waals surface area contributed by atoms with E-state index in [0.29, 0.717) is 19.5 Å². The molecule has 0 bridgehead atoms. The van der Waals surface area contributed by atoms with Gasteiger partial charge in [-0.05, 0) is 44.2 Å². The van der Waals surface area contributed by atoms with Gasteiger partial charge in [0.05, 0.1) is 0 Å². The van der Waals surface area contributed by atoms with E-state index in [-0.39, 0.29) is 17.5 Å². The normalized spacial score (nSPS) is 17.3. The van der Waals surface area contributed by atoms with Crippen LogP contribution in [0.15, 0.2) is 35.3 Å². The summed E-state index contributed by atoms with van der Waals surface area (Å²) < 4.78 is 1.68. The number of rotatable bonds is 6. The number of benzene rings is 1. The molecule has 28 heavy (non-hydrogen) atoms. The molecule has 1 aliphatic heterocycles. The third kappa shape index (κ3) is 3.61. The molecule has 3 aromatic rings. The summed E-state index contributed by atoms with van der Waals surface area (Å²) in [5.74, 6) is 1.11. The summed E-state index contributed by atoms with van der Waals surface area (Å²) >= 11 is 0. The average molecular weight is 381 g/mol. The van der Waals surface area contributed by atoms with Gasteiger partial charge in [-0.3, -0.25) is 9.36 Å². The molecule has 3 heterocycles. The van der Waals surface area contributed by atoms with E-state index in [4.69, 9.17) is 0 Å². The number of carbonyl (C=O) groups excluding carboxylic acids is 1. The lowest BCUT2D eigenvalue weighted by Gasteiger charge is -2.32. The first-order chi connectivity index (χ1) is 13.7. The maximum Gasteiger partial charge on any atom is 0.343 e. The van der Waals surface area contributed by atoms with Crippen molar-refractivity contribution in [2.45, 2.75) is 51.5 Å². The fraction of sp³-hybridized carbons (Fsp3) is 0.476. The van der Waals surface area contributed by atoms with Crippen molar-refractivity contribution >= 4 is 16.8 Å². The summed E-state index contributed by atoms with van der Waals surface area (Å²) in [6.07, 6.45) is 6.24. The maximum atomic E-state index is 12.7. The number of aromatic nitrogens is 4. The molecule has 2 aromatic heterocycles. The van der Waals surface area contributed by atoms with E-state index in [9.17, 15) is 9.59 Å². The Morgan fingerprint density at radius 1 is 1.32 bits per heavy atom. The van der Waals surface area contributed by atoms with Gasteiger partial charge in [0.2, 0.25) is 5.91 Å². The lowest BCUT2D eigenvalue weighted by molar-refractivity contribution is -0.132. The van der Waals surface area contributed by atoms with Gasteiger partial charge in [-0.1, -0.05) is 18.2 Å². The number of nitrogens with one attached hydrogen (secondary N) is 2. The highest BCUT2D eigenvalue weighted by atomic mass is 16.2. The second-order valence-electron chi connectivity index (χ2n) is 7.52. The van der Waals surface area contributed by atoms with Crippen molar-refractivity contribution in [3.8, 4) is 0 Å². The molecule has 2 N–H and O–H groups in total. The Kier molecular flexibility index (Phi) is 5.32. The summed E-state index contributed by atoms with van der Waals surface area (Å²) in [4.78, 5) is 29.8. The highest BCUT2D eigenvalue weighted by molar-refractivity contribution is 5.83. The Balaban J connectivity index is 1.35. The minimum Gasteiger partial charge on any atom is -0.361 e. The zero-order valence-corrected chi connectivity index (χ0v) is 16.3. The zero-order valence-electron chi connectivity index (χ0n) is 16.3. The molecule has 148 valence electrons. The predicted octanol–water partition coefficient (Wildman–Crippen LogP) is 2.80. The molecule has 4 rings (SSSR count). The standard InChI is InChI=1S/C21H27N5O2/c1-2-26-20(23-24-21(26)28)16-8-6-12-25(14-16)19(27)11-5-7-15-13-22-18-10-4-3-9-17(15)18/h3-4,9-10,13,16,22H,2,5-8,11-12,14H2,1H3,(H,24,28)/t16-/m0/s1. The first-order valence-corrected chi connectivity index (χ1v) is 10.1. The van der Waals surface area contributed by atoms with Gasteiger partial charge >= 0.3 is 5.69 Å². The quantitative estimate of drug-likeness (QED) is 0.688. The van der Waals surface area contributed by atoms with Crippen LogP contribution in [0.1, 0.15) is 49.9 Å². The number of fused-ring (bicyclic) bond motifs is 1. The molecule has 0 unspecified atom stereocenters. The van der Waals surface area contributed by atoms with Gasteiger partial charge in [0.25, 0.3) is 0 Å². The lowest BCUT2D eigenvalue weighted by Crippen LogP contribution is -2.40. The van der Waals surface area contributed by atoms with Gasteiger partial charge < -0.3 is 9.88 Å². The third-order valence-electron chi connectivity index (χ3n) is 5.75. The van der Waals surface area contributed by atoms with Crippen LogP contribution in [-0.4, -0.2) is 43.6 Å². The molecular weight excluding hydrogens is 354 g/mol. The Morgan fingerprint density at radius 3 is 3.04 bits per heavy atom. The molecule has 0 spiro atoms. The topological polar surface area (TPSA) is 86.8 Å². The lowest BCUT2D eigenvalue weighted by atomic mass is 9.96. The van der Waals surface area contributed by atoms with Gasteiger partial charge in [-0.2, -0.15) is 5.10 Å². The van der Waals surface area contributed by atoms with Crippen molar-refractivity contribution in [1.29, 1.82) is 0 Å². The summed E-state index contributed by atoms with van der Waals surface area (Å²) in [5, 5.41) is 8.00. The number of amides is 1. The van der Waals surface area contributed by atoms with E-state index < -0.39 is 0 Å². The molecule has 0 radical (unpaired) electrons. The molecule has 1 saturated heterocycles. The van der Waals surface area contributed by atoms with Crippen LogP contribution in [0.3, 0.4) is 0 Å². The molecule has 0 saturated carbocycles. The molecule has 1 fully saturated rings. The number of hydrogen-bond acceptors (Lipinski definition) is 3. The van der Waals surface area contributed by atoms with Crippen LogP contribution >= 0.6 is 0 Å². The van der Waals surface area contributed by atoms with Crippen LogP contribution in [0.4, 0.5) is 0 Å². The predicted molar refractivity (Wildman–Crippen MR) is 108 cm³/mol. The number of nitrogens with zero attached hydrogens (tertiary/aromatic N) is 3. The van der Waals surface area contributed by atoms with Crippen LogP contribution in [0.2, 0.25) is 0 Å². The van der Waals surface area contributed by atoms with E-state index in [1.165, 1.54) is 10.9 Å². The number of para-hydroxylation sites is 1. The average Bonchev–Trinajstić information content (AvgIpc) is 3.31. The summed E-state index contributed by atoms with van der Waals surface area (Å²) in [7, 11) is 0. The number of hydrogen-bond donors (Lipinski definition) is 2. The molecule has 1 aromatic carbocycles. The van der Waals surface area contributed by atoms with Gasteiger partial charge in [0, 0.05) is 49.1 Å². The van der Waals surface area contributed by atoms with E-state index in [0.717, 1.165) is 43.6 Å². The number of aryl methyl sites for hydroxylation is 1.